The van der Waals surface area contributed by atoms with E-state index in [1.54, 1.807) is 30.3 Å². The minimum atomic E-state index is -0.724. The van der Waals surface area contributed by atoms with E-state index in [-0.39, 0.29) is 5.57 Å². The summed E-state index contributed by atoms with van der Waals surface area (Å²) in [7, 11) is 1.18. The minimum Gasteiger partial charge on any atom is -0.465 e. The van der Waals surface area contributed by atoms with E-state index in [1.807, 2.05) is 0 Å². The molecule has 0 atom stereocenters. The van der Waals surface area contributed by atoms with Gasteiger partial charge in [0.05, 0.1) is 12.0 Å². The number of nitro groups is 1. The van der Waals surface area contributed by atoms with Crippen LogP contribution in [0.5, 0.6) is 0 Å². The average Bonchev–Trinajstić information content (AvgIpc) is 2.26. The molecule has 0 radical (unpaired) electrons. The van der Waals surface area contributed by atoms with E-state index >= 15 is 0 Å². The summed E-state index contributed by atoms with van der Waals surface area (Å²) < 4.78 is 4.46. The monoisotopic (exact) mass is 207 g/mol. The third-order valence-corrected chi connectivity index (χ3v) is 1.72. The van der Waals surface area contributed by atoms with Crippen molar-refractivity contribution in [2.45, 2.75) is 0 Å². The predicted molar refractivity (Wildman–Crippen MR) is 53.4 cm³/mol. The Morgan fingerprint density at radius 3 is 2.47 bits per heavy atom. The average molecular weight is 207 g/mol. The van der Waals surface area contributed by atoms with Crippen LogP contribution in [0.25, 0.3) is 5.57 Å². The van der Waals surface area contributed by atoms with Crippen LogP contribution < -0.4 is 0 Å². The van der Waals surface area contributed by atoms with Gasteiger partial charge in [-0.05, 0) is 5.56 Å². The Kier molecular flexibility index (Phi) is 3.56. The van der Waals surface area contributed by atoms with E-state index in [9.17, 15) is 14.9 Å². The molecule has 0 saturated heterocycles. The summed E-state index contributed by atoms with van der Waals surface area (Å²) in [6.07, 6.45) is 0.640. The normalized spacial score (nSPS) is 10.9. The first-order valence-corrected chi connectivity index (χ1v) is 4.14. The van der Waals surface area contributed by atoms with Crippen molar-refractivity contribution in [1.29, 1.82) is 0 Å². The van der Waals surface area contributed by atoms with Crippen LogP contribution in [0.1, 0.15) is 5.56 Å². The Labute approximate surface area is 86.1 Å². The third kappa shape index (κ3) is 2.91. The van der Waals surface area contributed by atoms with Gasteiger partial charge < -0.3 is 4.74 Å². The van der Waals surface area contributed by atoms with Crippen LogP contribution in [-0.4, -0.2) is 18.0 Å². The van der Waals surface area contributed by atoms with E-state index in [2.05, 4.69) is 4.74 Å². The van der Waals surface area contributed by atoms with Crippen LogP contribution in [0.2, 0.25) is 0 Å². The summed E-state index contributed by atoms with van der Waals surface area (Å²) in [5.74, 6) is -0.724. The lowest BCUT2D eigenvalue weighted by molar-refractivity contribution is -0.401. The molecule has 5 nitrogen and oxygen atoms in total. The summed E-state index contributed by atoms with van der Waals surface area (Å²) in [4.78, 5) is 20.9. The molecule has 0 aromatic heterocycles. The van der Waals surface area contributed by atoms with Crippen molar-refractivity contribution < 1.29 is 14.5 Å². The largest absolute Gasteiger partial charge is 0.465 e. The Morgan fingerprint density at radius 2 is 2.00 bits per heavy atom. The zero-order valence-corrected chi connectivity index (χ0v) is 8.04. The van der Waals surface area contributed by atoms with Gasteiger partial charge in [-0.25, -0.2) is 4.79 Å². The van der Waals surface area contributed by atoms with Gasteiger partial charge in [0.2, 0.25) is 6.20 Å². The number of esters is 1. The number of benzene rings is 1. The smallest absolute Gasteiger partial charge is 0.344 e. The van der Waals surface area contributed by atoms with Gasteiger partial charge in [-0.1, -0.05) is 30.3 Å². The van der Waals surface area contributed by atoms with Crippen molar-refractivity contribution in [3.05, 3.63) is 52.2 Å². The number of nitrogens with zero attached hydrogens (tertiary/aromatic N) is 1. The second-order valence-electron chi connectivity index (χ2n) is 2.69. The fourth-order valence-corrected chi connectivity index (χ4v) is 1.08. The Balaban J connectivity index is 3.13. The molecule has 0 bridgehead atoms. The summed E-state index contributed by atoms with van der Waals surface area (Å²) in [5, 5.41) is 10.3. The quantitative estimate of drug-likeness (QED) is 0.326. The third-order valence-electron chi connectivity index (χ3n) is 1.72. The van der Waals surface area contributed by atoms with Gasteiger partial charge in [-0.3, -0.25) is 10.1 Å². The first kappa shape index (κ1) is 10.9. The fourth-order valence-electron chi connectivity index (χ4n) is 1.08. The molecule has 78 valence electrons. The van der Waals surface area contributed by atoms with E-state index in [4.69, 9.17) is 0 Å². The number of carbonyl (C=O) groups is 1. The molecule has 0 saturated carbocycles. The maximum absolute atomic E-state index is 11.3. The van der Waals surface area contributed by atoms with Crippen molar-refractivity contribution in [1.82, 2.24) is 0 Å². The van der Waals surface area contributed by atoms with Crippen molar-refractivity contribution in [2.24, 2.45) is 0 Å². The molecule has 0 amide bonds. The molecule has 1 aromatic rings. The van der Waals surface area contributed by atoms with E-state index in [0.717, 1.165) is 0 Å². The zero-order chi connectivity index (χ0) is 11.3. The van der Waals surface area contributed by atoms with Crippen molar-refractivity contribution in [3.63, 3.8) is 0 Å². The number of ether oxygens (including phenoxy) is 1. The number of rotatable bonds is 3. The fraction of sp³-hybridized carbons (Fsp3) is 0.100. The number of hydrogen-bond donors (Lipinski definition) is 0. The number of methoxy groups -OCH3 is 1. The van der Waals surface area contributed by atoms with Gasteiger partial charge in [0, 0.05) is 0 Å². The first-order chi connectivity index (χ1) is 7.15. The van der Waals surface area contributed by atoms with Crippen molar-refractivity contribution >= 4 is 11.5 Å². The van der Waals surface area contributed by atoms with Crippen LogP contribution in [0.3, 0.4) is 0 Å². The second kappa shape index (κ2) is 4.90. The van der Waals surface area contributed by atoms with E-state index < -0.39 is 10.9 Å². The lowest BCUT2D eigenvalue weighted by atomic mass is 10.1. The lowest BCUT2D eigenvalue weighted by Gasteiger charge is -2.01. The van der Waals surface area contributed by atoms with Crippen LogP contribution in [-0.2, 0) is 9.53 Å². The molecular formula is C10H9NO4. The lowest BCUT2D eigenvalue weighted by Crippen LogP contribution is -2.05. The molecule has 1 aromatic carbocycles. The predicted octanol–water partition coefficient (Wildman–Crippen LogP) is 1.48. The van der Waals surface area contributed by atoms with Gasteiger partial charge in [0.15, 0.2) is 0 Å². The van der Waals surface area contributed by atoms with Gasteiger partial charge in [0.1, 0.15) is 5.57 Å². The highest BCUT2D eigenvalue weighted by molar-refractivity contribution is 6.15. The molecular weight excluding hydrogens is 198 g/mol. The molecule has 0 aliphatic rings. The van der Waals surface area contributed by atoms with E-state index in [0.29, 0.717) is 11.8 Å². The van der Waals surface area contributed by atoms with Crippen LogP contribution in [0.4, 0.5) is 0 Å². The molecule has 0 heterocycles. The van der Waals surface area contributed by atoms with Gasteiger partial charge >= 0.3 is 5.97 Å². The highest BCUT2D eigenvalue weighted by Gasteiger charge is 2.15. The van der Waals surface area contributed by atoms with E-state index in [1.165, 1.54) is 7.11 Å². The minimum absolute atomic E-state index is 0.0666. The van der Waals surface area contributed by atoms with Crippen LogP contribution >= 0.6 is 0 Å². The van der Waals surface area contributed by atoms with Crippen LogP contribution in [0, 0.1) is 10.1 Å². The molecule has 15 heavy (non-hydrogen) atoms. The van der Waals surface area contributed by atoms with Crippen LogP contribution in [0.15, 0.2) is 36.5 Å². The summed E-state index contributed by atoms with van der Waals surface area (Å²) >= 11 is 0. The summed E-state index contributed by atoms with van der Waals surface area (Å²) in [6, 6.07) is 8.33. The van der Waals surface area contributed by atoms with Gasteiger partial charge in [-0.15, -0.1) is 0 Å². The number of hydrogen-bond acceptors (Lipinski definition) is 4. The number of carbonyl (C=O) groups excluding carboxylic acids is 1. The van der Waals surface area contributed by atoms with Crippen molar-refractivity contribution in [2.75, 3.05) is 7.11 Å². The molecule has 0 fully saturated rings. The highest BCUT2D eigenvalue weighted by Crippen LogP contribution is 2.15. The van der Waals surface area contributed by atoms with Gasteiger partial charge in [0.25, 0.3) is 0 Å². The first-order valence-electron chi connectivity index (χ1n) is 4.14. The maximum atomic E-state index is 11.3. The molecule has 0 aliphatic carbocycles. The van der Waals surface area contributed by atoms with Gasteiger partial charge in [-0.2, -0.15) is 0 Å². The van der Waals surface area contributed by atoms with Crippen molar-refractivity contribution in [3.8, 4) is 0 Å². The standard InChI is InChI=1S/C10H9NO4/c1-15-10(12)9(7-11(13)14)8-5-3-2-4-6-8/h2-7H,1H3. The molecule has 0 aliphatic heterocycles. The molecule has 0 unspecified atom stereocenters. The molecule has 1 rings (SSSR count). The highest BCUT2D eigenvalue weighted by atomic mass is 16.6. The topological polar surface area (TPSA) is 69.4 Å². The SMILES string of the molecule is COC(=O)C(=C[N+](=O)[O-])c1ccccc1. The maximum Gasteiger partial charge on any atom is 0.344 e. The summed E-state index contributed by atoms with van der Waals surface area (Å²) in [6.45, 7) is 0. The Bertz CT molecular complexity index is 397. The molecule has 5 heteroatoms. The molecule has 0 N–H and O–H groups in total. The zero-order valence-electron chi connectivity index (χ0n) is 8.04. The Hall–Kier alpha value is -2.17. The summed E-state index contributed by atoms with van der Waals surface area (Å²) in [5.41, 5.74) is 0.393. The Morgan fingerprint density at radius 1 is 1.40 bits per heavy atom. The molecule has 0 spiro atoms. The second-order valence-corrected chi connectivity index (χ2v) is 2.69.